The van der Waals surface area contributed by atoms with E-state index < -0.39 is 18.0 Å². The number of nitrogens with one attached hydrogen (secondary N) is 1. The highest BCUT2D eigenvalue weighted by Crippen LogP contribution is 2.23. The molecule has 3 N–H and O–H groups in total. The normalized spacial score (nSPS) is 22.2. The number of carbonyl (C=O) groups excluding carboxylic acids is 2. The van der Waals surface area contributed by atoms with Crippen molar-refractivity contribution in [3.05, 3.63) is 22.4 Å². The van der Waals surface area contributed by atoms with E-state index in [0.29, 0.717) is 5.01 Å². The Labute approximate surface area is 78.1 Å². The molecule has 0 saturated carbocycles. The topological polar surface area (TPSA) is 75.4 Å². The molecule has 5 nitrogen and oxygen atoms in total. The zero-order chi connectivity index (χ0) is 9.42. The standard InChI is InChI=1S/C7H7N3O2S/c8-10-6(11)5(9-7(10)12)4-2-1-3-13-4/h1-3,5H,8H2,(H,9,12). The Morgan fingerprint density at radius 1 is 1.54 bits per heavy atom. The Balaban J connectivity index is 2.29. The van der Waals surface area contributed by atoms with E-state index in [1.807, 2.05) is 11.4 Å². The molecular formula is C7H7N3O2S. The van der Waals surface area contributed by atoms with Crippen LogP contribution in [-0.4, -0.2) is 16.9 Å². The molecule has 0 bridgehead atoms. The third kappa shape index (κ3) is 1.20. The van der Waals surface area contributed by atoms with Crippen molar-refractivity contribution in [1.29, 1.82) is 0 Å². The van der Waals surface area contributed by atoms with Crippen LogP contribution in [0.25, 0.3) is 0 Å². The van der Waals surface area contributed by atoms with Gasteiger partial charge in [0.2, 0.25) is 0 Å². The minimum absolute atomic E-state index is 0.410. The number of thiophene rings is 1. The van der Waals surface area contributed by atoms with Gasteiger partial charge >= 0.3 is 6.03 Å². The molecule has 1 aromatic heterocycles. The van der Waals surface area contributed by atoms with Gasteiger partial charge in [0.25, 0.3) is 5.91 Å². The molecule has 0 aliphatic carbocycles. The molecule has 0 aromatic carbocycles. The number of nitrogens with two attached hydrogens (primary N) is 1. The lowest BCUT2D eigenvalue weighted by Crippen LogP contribution is -2.37. The number of hydrogen-bond acceptors (Lipinski definition) is 4. The molecule has 1 unspecified atom stereocenters. The fraction of sp³-hybridized carbons (Fsp3) is 0.143. The quantitative estimate of drug-likeness (QED) is 0.384. The first-order chi connectivity index (χ1) is 6.20. The molecule has 1 atom stereocenters. The molecule has 68 valence electrons. The van der Waals surface area contributed by atoms with Crippen LogP contribution < -0.4 is 11.2 Å². The average Bonchev–Trinajstić information content (AvgIpc) is 2.70. The Kier molecular flexibility index (Phi) is 1.78. The molecule has 6 heteroatoms. The fourth-order valence-corrected chi connectivity index (χ4v) is 1.91. The van der Waals surface area contributed by atoms with E-state index in [1.165, 1.54) is 11.3 Å². The zero-order valence-corrected chi connectivity index (χ0v) is 7.38. The molecule has 1 saturated heterocycles. The summed E-state index contributed by atoms with van der Waals surface area (Å²) in [5, 5.41) is 4.92. The van der Waals surface area contributed by atoms with Crippen LogP contribution in [0.5, 0.6) is 0 Å². The fourth-order valence-electron chi connectivity index (χ4n) is 1.14. The summed E-state index contributed by atoms with van der Waals surface area (Å²) >= 11 is 1.41. The van der Waals surface area contributed by atoms with Gasteiger partial charge in [0.05, 0.1) is 0 Å². The van der Waals surface area contributed by atoms with Gasteiger partial charge in [-0.15, -0.1) is 11.3 Å². The lowest BCUT2D eigenvalue weighted by molar-refractivity contribution is -0.127. The van der Waals surface area contributed by atoms with E-state index in [-0.39, 0.29) is 0 Å². The number of rotatable bonds is 1. The second-order valence-electron chi connectivity index (χ2n) is 2.61. The average molecular weight is 197 g/mol. The van der Waals surface area contributed by atoms with Crippen molar-refractivity contribution in [2.24, 2.45) is 5.84 Å². The Morgan fingerprint density at radius 3 is 2.77 bits per heavy atom. The van der Waals surface area contributed by atoms with Crippen molar-refractivity contribution in [3.8, 4) is 0 Å². The summed E-state index contributed by atoms with van der Waals surface area (Å²) in [6.45, 7) is 0. The number of carbonyl (C=O) groups is 2. The van der Waals surface area contributed by atoms with Gasteiger partial charge < -0.3 is 5.32 Å². The molecule has 0 spiro atoms. The highest BCUT2D eigenvalue weighted by molar-refractivity contribution is 7.10. The van der Waals surface area contributed by atoms with Gasteiger partial charge in [-0.3, -0.25) is 4.79 Å². The summed E-state index contributed by atoms with van der Waals surface area (Å²) in [7, 11) is 0. The number of hydrazine groups is 1. The predicted molar refractivity (Wildman–Crippen MR) is 46.6 cm³/mol. The van der Waals surface area contributed by atoms with Crippen molar-refractivity contribution in [2.45, 2.75) is 6.04 Å². The molecular weight excluding hydrogens is 190 g/mol. The van der Waals surface area contributed by atoms with Gasteiger partial charge in [-0.2, -0.15) is 5.01 Å². The van der Waals surface area contributed by atoms with E-state index in [1.54, 1.807) is 6.07 Å². The molecule has 2 rings (SSSR count). The maximum atomic E-state index is 11.3. The van der Waals surface area contributed by atoms with Crippen LogP contribution in [0.1, 0.15) is 10.9 Å². The van der Waals surface area contributed by atoms with Crippen molar-refractivity contribution in [1.82, 2.24) is 10.3 Å². The third-order valence-electron chi connectivity index (χ3n) is 1.80. The van der Waals surface area contributed by atoms with Crippen LogP contribution in [0, 0.1) is 0 Å². The predicted octanol–water partition coefficient (Wildman–Crippen LogP) is 0.215. The Hall–Kier alpha value is -1.40. The van der Waals surface area contributed by atoms with Crippen LogP contribution in [0.15, 0.2) is 17.5 Å². The van der Waals surface area contributed by atoms with Gasteiger partial charge in [-0.05, 0) is 11.4 Å². The highest BCUT2D eigenvalue weighted by atomic mass is 32.1. The first kappa shape index (κ1) is 8.21. The zero-order valence-electron chi connectivity index (χ0n) is 6.56. The van der Waals surface area contributed by atoms with Crippen LogP contribution in [0.4, 0.5) is 4.79 Å². The number of imide groups is 1. The molecule has 1 fully saturated rings. The molecule has 2 heterocycles. The molecule has 1 aliphatic heterocycles. The number of amides is 3. The van der Waals surface area contributed by atoms with Crippen LogP contribution in [0.2, 0.25) is 0 Å². The Bertz CT molecular complexity index is 349. The largest absolute Gasteiger partial charge is 0.339 e. The molecule has 0 radical (unpaired) electrons. The van der Waals surface area contributed by atoms with Gasteiger partial charge in [0, 0.05) is 4.88 Å². The summed E-state index contributed by atoms with van der Waals surface area (Å²) in [4.78, 5) is 23.1. The summed E-state index contributed by atoms with van der Waals surface area (Å²) in [5.41, 5.74) is 0. The Morgan fingerprint density at radius 2 is 2.31 bits per heavy atom. The minimum Gasteiger partial charge on any atom is -0.320 e. The van der Waals surface area contributed by atoms with Gasteiger partial charge in [0.15, 0.2) is 0 Å². The second kappa shape index (κ2) is 2.82. The monoisotopic (exact) mass is 197 g/mol. The SMILES string of the molecule is NN1C(=O)NC(c2cccs2)C1=O. The van der Waals surface area contributed by atoms with E-state index in [9.17, 15) is 9.59 Å². The van der Waals surface area contributed by atoms with E-state index in [2.05, 4.69) is 5.32 Å². The smallest absolute Gasteiger partial charge is 0.320 e. The van der Waals surface area contributed by atoms with Crippen LogP contribution in [0.3, 0.4) is 0 Å². The molecule has 13 heavy (non-hydrogen) atoms. The third-order valence-corrected chi connectivity index (χ3v) is 2.74. The van der Waals surface area contributed by atoms with E-state index in [4.69, 9.17) is 5.84 Å². The maximum absolute atomic E-state index is 11.3. The molecule has 1 aromatic rings. The number of urea groups is 1. The van der Waals surface area contributed by atoms with E-state index in [0.717, 1.165) is 4.88 Å². The van der Waals surface area contributed by atoms with Crippen LogP contribution in [-0.2, 0) is 4.79 Å². The lowest BCUT2D eigenvalue weighted by Gasteiger charge is -2.03. The second-order valence-corrected chi connectivity index (χ2v) is 3.59. The summed E-state index contributed by atoms with van der Waals surface area (Å²) in [5.74, 6) is 4.78. The van der Waals surface area contributed by atoms with Gasteiger partial charge in [-0.25, -0.2) is 10.6 Å². The number of nitrogens with zero attached hydrogens (tertiary/aromatic N) is 1. The number of hydrogen-bond donors (Lipinski definition) is 2. The summed E-state index contributed by atoms with van der Waals surface area (Å²) in [6.07, 6.45) is 0. The first-order valence-electron chi connectivity index (χ1n) is 3.62. The van der Waals surface area contributed by atoms with Gasteiger partial charge in [-0.1, -0.05) is 6.07 Å². The molecule has 3 amide bonds. The van der Waals surface area contributed by atoms with Crippen molar-refractivity contribution in [2.75, 3.05) is 0 Å². The van der Waals surface area contributed by atoms with E-state index >= 15 is 0 Å². The van der Waals surface area contributed by atoms with Crippen molar-refractivity contribution < 1.29 is 9.59 Å². The van der Waals surface area contributed by atoms with Crippen molar-refractivity contribution in [3.63, 3.8) is 0 Å². The lowest BCUT2D eigenvalue weighted by atomic mass is 10.2. The van der Waals surface area contributed by atoms with Crippen LogP contribution >= 0.6 is 11.3 Å². The highest BCUT2D eigenvalue weighted by Gasteiger charge is 2.37. The maximum Gasteiger partial charge on any atom is 0.339 e. The minimum atomic E-state index is -0.600. The first-order valence-corrected chi connectivity index (χ1v) is 4.50. The van der Waals surface area contributed by atoms with Gasteiger partial charge in [0.1, 0.15) is 6.04 Å². The van der Waals surface area contributed by atoms with Crippen molar-refractivity contribution >= 4 is 23.3 Å². The summed E-state index contributed by atoms with van der Waals surface area (Å²) in [6, 6.07) is 2.45. The summed E-state index contributed by atoms with van der Waals surface area (Å²) < 4.78 is 0. The molecule has 1 aliphatic rings.